The number of rotatable bonds is 5. The third kappa shape index (κ3) is 4.59. The molecule has 3 aromatic rings. The van der Waals surface area contributed by atoms with Crippen LogP contribution in [0.3, 0.4) is 0 Å². The van der Waals surface area contributed by atoms with Crippen LogP contribution in [0.4, 0.5) is 24.5 Å². The van der Waals surface area contributed by atoms with Gasteiger partial charge in [-0.15, -0.1) is 0 Å². The molecule has 1 aliphatic heterocycles. The molecule has 32 heavy (non-hydrogen) atoms. The first-order chi connectivity index (χ1) is 15.4. The number of carbonyl (C=O) groups excluding carboxylic acids is 2. The van der Waals surface area contributed by atoms with Crippen molar-refractivity contribution < 1.29 is 27.5 Å². The van der Waals surface area contributed by atoms with Gasteiger partial charge in [0, 0.05) is 29.5 Å². The second kappa shape index (κ2) is 9.13. The van der Waals surface area contributed by atoms with Crippen molar-refractivity contribution in [1.82, 2.24) is 0 Å². The van der Waals surface area contributed by atoms with E-state index in [1.54, 1.807) is 18.2 Å². The molecule has 1 aliphatic rings. The molecular formula is C24H19F3N2O3. The number of halogens is 3. The fourth-order valence-corrected chi connectivity index (χ4v) is 3.61. The highest BCUT2D eigenvalue weighted by Gasteiger charge is 2.25. The van der Waals surface area contributed by atoms with Gasteiger partial charge in [0.25, 0.3) is 11.8 Å². The van der Waals surface area contributed by atoms with Crippen molar-refractivity contribution in [2.24, 2.45) is 0 Å². The summed E-state index contributed by atoms with van der Waals surface area (Å²) in [4.78, 5) is 26.8. The topological polar surface area (TPSA) is 58.6 Å². The summed E-state index contributed by atoms with van der Waals surface area (Å²) < 4.78 is 45.2. The van der Waals surface area contributed by atoms with Gasteiger partial charge in [0.2, 0.25) is 0 Å². The molecule has 0 aromatic heterocycles. The number of anilines is 2. The van der Waals surface area contributed by atoms with Crippen molar-refractivity contribution >= 4 is 23.2 Å². The molecule has 1 heterocycles. The first-order valence-electron chi connectivity index (χ1n) is 9.99. The van der Waals surface area contributed by atoms with E-state index in [9.17, 15) is 22.8 Å². The first kappa shape index (κ1) is 21.4. The van der Waals surface area contributed by atoms with Crippen LogP contribution in [0.25, 0.3) is 0 Å². The molecule has 2 amide bonds. The molecule has 0 atom stereocenters. The minimum absolute atomic E-state index is 0.211. The van der Waals surface area contributed by atoms with Crippen molar-refractivity contribution in [2.75, 3.05) is 23.4 Å². The quantitative estimate of drug-likeness (QED) is 0.625. The molecule has 0 unspecified atom stereocenters. The zero-order chi connectivity index (χ0) is 22.7. The van der Waals surface area contributed by atoms with Crippen LogP contribution in [0.15, 0.2) is 60.7 Å². The van der Waals surface area contributed by atoms with Gasteiger partial charge in [0.05, 0.1) is 0 Å². The molecule has 4 rings (SSSR count). The van der Waals surface area contributed by atoms with Crippen molar-refractivity contribution in [1.29, 1.82) is 0 Å². The Morgan fingerprint density at radius 1 is 0.969 bits per heavy atom. The molecule has 8 heteroatoms. The maximum absolute atomic E-state index is 13.8. The van der Waals surface area contributed by atoms with Gasteiger partial charge in [-0.05, 0) is 66.9 Å². The molecule has 1 N–H and O–H groups in total. The summed E-state index contributed by atoms with van der Waals surface area (Å²) >= 11 is 0. The van der Waals surface area contributed by atoms with E-state index in [1.165, 1.54) is 29.2 Å². The molecule has 0 fully saturated rings. The SMILES string of the molecule is O=C(Nc1cccc2c1CCCN2C(=O)COc1ccc(F)cc1F)c1ccc(F)cc1. The molecule has 0 saturated heterocycles. The van der Waals surface area contributed by atoms with Crippen LogP contribution < -0.4 is 15.0 Å². The molecule has 164 valence electrons. The number of nitrogens with one attached hydrogen (secondary N) is 1. The number of hydrogen-bond acceptors (Lipinski definition) is 3. The minimum Gasteiger partial charge on any atom is -0.481 e. The van der Waals surface area contributed by atoms with Gasteiger partial charge in [-0.1, -0.05) is 6.07 Å². The van der Waals surface area contributed by atoms with E-state index in [1.807, 2.05) is 0 Å². The molecule has 0 spiro atoms. The Morgan fingerprint density at radius 2 is 1.72 bits per heavy atom. The maximum Gasteiger partial charge on any atom is 0.264 e. The van der Waals surface area contributed by atoms with Gasteiger partial charge in [-0.3, -0.25) is 9.59 Å². The van der Waals surface area contributed by atoms with Crippen LogP contribution >= 0.6 is 0 Å². The summed E-state index contributed by atoms with van der Waals surface area (Å²) in [6.45, 7) is 0.0185. The standard InChI is InChI=1S/C24H19F3N2O3/c25-16-8-6-15(7-9-16)24(31)28-20-4-1-5-21-18(20)3-2-12-29(21)23(30)14-32-22-11-10-17(26)13-19(22)27/h1,4-11,13H,2-3,12,14H2,(H,28,31). The fraction of sp³-hybridized carbons (Fsp3) is 0.167. The first-order valence-corrected chi connectivity index (χ1v) is 9.99. The molecule has 5 nitrogen and oxygen atoms in total. The summed E-state index contributed by atoms with van der Waals surface area (Å²) in [6.07, 6.45) is 1.31. The van der Waals surface area contributed by atoms with E-state index in [-0.39, 0.29) is 5.75 Å². The third-order valence-corrected chi connectivity index (χ3v) is 5.15. The van der Waals surface area contributed by atoms with E-state index >= 15 is 0 Å². The Hall–Kier alpha value is -3.81. The zero-order valence-corrected chi connectivity index (χ0v) is 16.9. The second-order valence-corrected chi connectivity index (χ2v) is 7.28. The number of nitrogens with zero attached hydrogens (tertiary/aromatic N) is 1. The van der Waals surface area contributed by atoms with E-state index in [4.69, 9.17) is 4.74 Å². The molecular weight excluding hydrogens is 421 g/mol. The lowest BCUT2D eigenvalue weighted by Crippen LogP contribution is -2.39. The molecule has 0 aliphatic carbocycles. The minimum atomic E-state index is -0.886. The number of fused-ring (bicyclic) bond motifs is 1. The Bertz CT molecular complexity index is 1170. The molecule has 0 radical (unpaired) electrons. The van der Waals surface area contributed by atoms with Crippen LogP contribution in [0.2, 0.25) is 0 Å². The van der Waals surface area contributed by atoms with Crippen LogP contribution in [0.5, 0.6) is 5.75 Å². The van der Waals surface area contributed by atoms with Crippen LogP contribution in [-0.4, -0.2) is 25.0 Å². The van der Waals surface area contributed by atoms with Crippen LogP contribution in [0, 0.1) is 17.5 Å². The highest BCUT2D eigenvalue weighted by molar-refractivity contribution is 6.05. The van der Waals surface area contributed by atoms with E-state index in [0.717, 1.165) is 17.7 Å². The number of benzene rings is 3. The third-order valence-electron chi connectivity index (χ3n) is 5.15. The average molecular weight is 440 g/mol. The van der Waals surface area contributed by atoms with Crippen LogP contribution in [-0.2, 0) is 11.2 Å². The predicted molar refractivity (Wildman–Crippen MR) is 113 cm³/mol. The normalized spacial score (nSPS) is 12.8. The van der Waals surface area contributed by atoms with Crippen molar-refractivity contribution in [3.63, 3.8) is 0 Å². The fourth-order valence-electron chi connectivity index (χ4n) is 3.61. The van der Waals surface area contributed by atoms with E-state index in [2.05, 4.69) is 5.32 Å². The van der Waals surface area contributed by atoms with Gasteiger partial charge >= 0.3 is 0 Å². The second-order valence-electron chi connectivity index (χ2n) is 7.28. The van der Waals surface area contributed by atoms with E-state index < -0.39 is 35.9 Å². The van der Waals surface area contributed by atoms with Gasteiger partial charge < -0.3 is 15.0 Å². The Labute approximate surface area is 182 Å². The largest absolute Gasteiger partial charge is 0.481 e. The lowest BCUT2D eigenvalue weighted by Gasteiger charge is -2.31. The summed E-state index contributed by atoms with van der Waals surface area (Å²) in [5.41, 5.74) is 2.28. The van der Waals surface area contributed by atoms with Gasteiger partial charge in [-0.2, -0.15) is 0 Å². The number of hydrogen-bond donors (Lipinski definition) is 1. The Balaban J connectivity index is 1.50. The molecule has 0 bridgehead atoms. The highest BCUT2D eigenvalue weighted by Crippen LogP contribution is 2.33. The van der Waals surface area contributed by atoms with Gasteiger partial charge in [0.1, 0.15) is 11.6 Å². The lowest BCUT2D eigenvalue weighted by atomic mass is 9.99. The molecule has 0 saturated carbocycles. The Kier molecular flexibility index (Phi) is 6.11. The van der Waals surface area contributed by atoms with Crippen molar-refractivity contribution in [3.8, 4) is 5.75 Å². The van der Waals surface area contributed by atoms with Crippen molar-refractivity contribution in [2.45, 2.75) is 12.8 Å². The number of ether oxygens (including phenoxy) is 1. The summed E-state index contributed by atoms with van der Waals surface area (Å²) in [5.74, 6) is -3.05. The predicted octanol–water partition coefficient (Wildman–Crippen LogP) is 4.71. The number of amides is 2. The Morgan fingerprint density at radius 3 is 2.47 bits per heavy atom. The van der Waals surface area contributed by atoms with Gasteiger partial charge in [-0.25, -0.2) is 13.2 Å². The zero-order valence-electron chi connectivity index (χ0n) is 16.9. The van der Waals surface area contributed by atoms with Crippen LogP contribution in [0.1, 0.15) is 22.3 Å². The summed E-state index contributed by atoms with van der Waals surface area (Å²) in [6, 6.07) is 13.3. The average Bonchev–Trinajstić information content (AvgIpc) is 2.78. The molecule has 3 aromatic carbocycles. The number of carbonyl (C=O) groups is 2. The summed E-state index contributed by atoms with van der Waals surface area (Å²) in [5, 5.41) is 2.82. The maximum atomic E-state index is 13.8. The monoisotopic (exact) mass is 440 g/mol. The van der Waals surface area contributed by atoms with E-state index in [0.29, 0.717) is 42.4 Å². The smallest absolute Gasteiger partial charge is 0.264 e. The van der Waals surface area contributed by atoms with Gasteiger partial charge in [0.15, 0.2) is 18.2 Å². The highest BCUT2D eigenvalue weighted by atomic mass is 19.1. The van der Waals surface area contributed by atoms with Crippen molar-refractivity contribution in [3.05, 3.63) is 89.2 Å². The summed E-state index contributed by atoms with van der Waals surface area (Å²) in [7, 11) is 0. The lowest BCUT2D eigenvalue weighted by molar-refractivity contribution is -0.120.